The smallest absolute Gasteiger partial charge is 0.229 e. The SMILES string of the molecule is C=C/C(=C\C(=C)C)CN1C=NC(c2ccc(Cl)cc2NC(=O)C(C)(C)C)=CC1OC. The number of amides is 1. The molecule has 1 heterocycles. The van der Waals surface area contributed by atoms with Gasteiger partial charge >= 0.3 is 0 Å². The number of benzene rings is 1. The van der Waals surface area contributed by atoms with Gasteiger partial charge in [-0.25, -0.2) is 4.99 Å². The lowest BCUT2D eigenvalue weighted by Crippen LogP contribution is -2.37. The highest BCUT2D eigenvalue weighted by molar-refractivity contribution is 6.31. The van der Waals surface area contributed by atoms with Crippen LogP contribution in [0.1, 0.15) is 33.3 Å². The molecule has 0 bridgehead atoms. The summed E-state index contributed by atoms with van der Waals surface area (Å²) < 4.78 is 5.67. The van der Waals surface area contributed by atoms with E-state index in [1.807, 2.05) is 50.8 Å². The van der Waals surface area contributed by atoms with Gasteiger partial charge < -0.3 is 15.0 Å². The molecule has 5 nitrogen and oxygen atoms in total. The third-order valence-corrected chi connectivity index (χ3v) is 4.70. The minimum absolute atomic E-state index is 0.100. The topological polar surface area (TPSA) is 53.9 Å². The zero-order valence-electron chi connectivity index (χ0n) is 18.3. The van der Waals surface area contributed by atoms with Crippen LogP contribution in [-0.4, -0.2) is 37.0 Å². The standard InChI is InChI=1S/C24H30ClN3O2/c1-8-17(11-16(2)3)14-28-15-26-20(13-22(28)30-7)19-10-9-18(25)12-21(19)27-23(29)24(4,5)6/h8-13,15,22H,1-2,14H2,3-7H3,(H,27,29)/b17-11+. The number of aliphatic imine (C=N–C) groups is 1. The Hall–Kier alpha value is -2.63. The summed E-state index contributed by atoms with van der Waals surface area (Å²) in [6, 6.07) is 5.36. The highest BCUT2D eigenvalue weighted by Gasteiger charge is 2.24. The van der Waals surface area contributed by atoms with Crippen molar-refractivity contribution in [3.63, 3.8) is 0 Å². The first-order valence-electron chi connectivity index (χ1n) is 9.69. The Morgan fingerprint density at radius 3 is 2.67 bits per heavy atom. The van der Waals surface area contributed by atoms with Gasteiger partial charge in [-0.05, 0) is 36.8 Å². The highest BCUT2D eigenvalue weighted by Crippen LogP contribution is 2.31. The first-order chi connectivity index (χ1) is 14.0. The lowest BCUT2D eigenvalue weighted by atomic mass is 9.95. The predicted molar refractivity (Wildman–Crippen MR) is 127 cm³/mol. The molecule has 1 amide bonds. The summed E-state index contributed by atoms with van der Waals surface area (Å²) in [5.74, 6) is -0.100. The second kappa shape index (κ2) is 9.92. The maximum absolute atomic E-state index is 12.5. The fourth-order valence-electron chi connectivity index (χ4n) is 2.82. The van der Waals surface area contributed by atoms with E-state index in [0.29, 0.717) is 23.0 Å². The summed E-state index contributed by atoms with van der Waals surface area (Å²) in [5.41, 5.74) is 3.51. The summed E-state index contributed by atoms with van der Waals surface area (Å²) in [4.78, 5) is 19.1. The number of hydrogen-bond acceptors (Lipinski definition) is 4. The van der Waals surface area contributed by atoms with Crippen LogP contribution in [0.25, 0.3) is 5.70 Å². The molecule has 0 spiro atoms. The van der Waals surface area contributed by atoms with Crippen molar-refractivity contribution in [2.45, 2.75) is 33.9 Å². The normalized spacial score (nSPS) is 16.9. The van der Waals surface area contributed by atoms with Gasteiger partial charge in [-0.1, -0.05) is 63.3 Å². The van der Waals surface area contributed by atoms with Gasteiger partial charge in [0.25, 0.3) is 0 Å². The van der Waals surface area contributed by atoms with E-state index in [9.17, 15) is 4.79 Å². The molecular formula is C24H30ClN3O2. The molecule has 0 aliphatic carbocycles. The Bertz CT molecular complexity index is 923. The Morgan fingerprint density at radius 2 is 2.10 bits per heavy atom. The van der Waals surface area contributed by atoms with Crippen LogP contribution >= 0.6 is 11.6 Å². The molecule has 0 saturated carbocycles. The van der Waals surface area contributed by atoms with Gasteiger partial charge in [-0.2, -0.15) is 0 Å². The number of rotatable bonds is 7. The van der Waals surface area contributed by atoms with Crippen molar-refractivity contribution in [2.24, 2.45) is 10.4 Å². The van der Waals surface area contributed by atoms with Gasteiger partial charge in [0.1, 0.15) is 0 Å². The molecule has 1 atom stereocenters. The molecule has 0 radical (unpaired) electrons. The third kappa shape index (κ3) is 6.18. The number of ether oxygens (including phenoxy) is 1. The number of anilines is 1. The van der Waals surface area contributed by atoms with Crippen molar-refractivity contribution >= 4 is 35.2 Å². The molecule has 1 aromatic carbocycles. The number of hydrogen-bond donors (Lipinski definition) is 1. The lowest BCUT2D eigenvalue weighted by molar-refractivity contribution is -0.123. The van der Waals surface area contributed by atoms with Crippen molar-refractivity contribution in [2.75, 3.05) is 19.0 Å². The first-order valence-corrected chi connectivity index (χ1v) is 10.1. The average molecular weight is 428 g/mol. The van der Waals surface area contributed by atoms with E-state index >= 15 is 0 Å². The number of methoxy groups -OCH3 is 1. The molecule has 1 unspecified atom stereocenters. The van der Waals surface area contributed by atoms with E-state index < -0.39 is 5.41 Å². The highest BCUT2D eigenvalue weighted by atomic mass is 35.5. The van der Waals surface area contributed by atoms with Crippen LogP contribution in [0.3, 0.4) is 0 Å². The Morgan fingerprint density at radius 1 is 1.40 bits per heavy atom. The largest absolute Gasteiger partial charge is 0.358 e. The Kier molecular flexibility index (Phi) is 7.82. The summed E-state index contributed by atoms with van der Waals surface area (Å²) in [7, 11) is 1.64. The minimum Gasteiger partial charge on any atom is -0.358 e. The molecule has 1 aliphatic heterocycles. The quantitative estimate of drug-likeness (QED) is 0.570. The van der Waals surface area contributed by atoms with Crippen molar-refractivity contribution in [3.05, 3.63) is 71.3 Å². The number of carbonyl (C=O) groups excluding carboxylic acids is 1. The van der Waals surface area contributed by atoms with Crippen LogP contribution in [0.4, 0.5) is 5.69 Å². The second-order valence-corrected chi connectivity index (χ2v) is 8.70. The summed E-state index contributed by atoms with van der Waals surface area (Å²) >= 11 is 6.18. The minimum atomic E-state index is -0.535. The second-order valence-electron chi connectivity index (χ2n) is 8.26. The molecular weight excluding hydrogens is 398 g/mol. The van der Waals surface area contributed by atoms with Crippen LogP contribution in [0.2, 0.25) is 5.02 Å². The van der Waals surface area contributed by atoms with Crippen LogP contribution in [0.5, 0.6) is 0 Å². The van der Waals surface area contributed by atoms with E-state index in [1.54, 1.807) is 31.7 Å². The number of allylic oxidation sites excluding steroid dienone is 2. The zero-order valence-corrected chi connectivity index (χ0v) is 19.1. The van der Waals surface area contributed by atoms with Crippen molar-refractivity contribution in [1.82, 2.24) is 4.90 Å². The molecule has 1 aromatic rings. The average Bonchev–Trinajstić information content (AvgIpc) is 2.66. The number of carbonyl (C=O) groups is 1. The molecule has 6 heteroatoms. The maximum atomic E-state index is 12.5. The number of nitrogens with zero attached hydrogens (tertiary/aromatic N) is 2. The van der Waals surface area contributed by atoms with Crippen molar-refractivity contribution < 1.29 is 9.53 Å². The van der Waals surface area contributed by atoms with E-state index in [1.165, 1.54) is 0 Å². The molecule has 2 rings (SSSR count). The van der Waals surface area contributed by atoms with Crippen molar-refractivity contribution in [1.29, 1.82) is 0 Å². The van der Waals surface area contributed by atoms with E-state index in [4.69, 9.17) is 16.3 Å². The van der Waals surface area contributed by atoms with Gasteiger partial charge in [-0.3, -0.25) is 4.79 Å². The van der Waals surface area contributed by atoms with Gasteiger partial charge in [0, 0.05) is 29.7 Å². The molecule has 0 aromatic heterocycles. The fourth-order valence-corrected chi connectivity index (χ4v) is 2.99. The number of nitrogens with one attached hydrogen (secondary N) is 1. The molecule has 160 valence electrons. The van der Waals surface area contributed by atoms with Crippen molar-refractivity contribution in [3.8, 4) is 0 Å². The van der Waals surface area contributed by atoms with Gasteiger partial charge in [0.2, 0.25) is 5.91 Å². The van der Waals surface area contributed by atoms with E-state index in [0.717, 1.165) is 16.7 Å². The predicted octanol–water partition coefficient (Wildman–Crippen LogP) is 5.67. The Labute approximate surface area is 184 Å². The first kappa shape index (κ1) is 23.6. The number of halogens is 1. The van der Waals surface area contributed by atoms with Crippen LogP contribution in [0, 0.1) is 5.41 Å². The van der Waals surface area contributed by atoms with E-state index in [-0.39, 0.29) is 12.1 Å². The zero-order chi connectivity index (χ0) is 22.5. The lowest BCUT2D eigenvalue weighted by Gasteiger charge is -2.30. The summed E-state index contributed by atoms with van der Waals surface area (Å²) in [6.45, 7) is 15.9. The van der Waals surface area contributed by atoms with Gasteiger partial charge in [0.15, 0.2) is 6.23 Å². The van der Waals surface area contributed by atoms with Gasteiger partial charge in [0.05, 0.1) is 17.7 Å². The summed E-state index contributed by atoms with van der Waals surface area (Å²) in [6.07, 6.45) is 7.11. The molecule has 1 aliphatic rings. The van der Waals surface area contributed by atoms with E-state index in [2.05, 4.69) is 23.5 Å². The molecule has 0 saturated heterocycles. The maximum Gasteiger partial charge on any atom is 0.229 e. The summed E-state index contributed by atoms with van der Waals surface area (Å²) in [5, 5.41) is 3.51. The fraction of sp³-hybridized carbons (Fsp3) is 0.333. The van der Waals surface area contributed by atoms with Gasteiger partial charge in [-0.15, -0.1) is 0 Å². The Balaban J connectivity index is 2.34. The monoisotopic (exact) mass is 427 g/mol. The van der Waals surface area contributed by atoms with Crippen LogP contribution < -0.4 is 5.32 Å². The molecule has 30 heavy (non-hydrogen) atoms. The third-order valence-electron chi connectivity index (χ3n) is 4.46. The van der Waals surface area contributed by atoms with Crippen LogP contribution in [0.15, 0.2) is 65.7 Å². The van der Waals surface area contributed by atoms with Crippen LogP contribution in [-0.2, 0) is 9.53 Å². The molecule has 0 fully saturated rings. The molecule has 1 N–H and O–H groups in total.